The summed E-state index contributed by atoms with van der Waals surface area (Å²) in [5, 5.41) is 0. The number of rotatable bonds is 4. The molecule has 0 atom stereocenters. The van der Waals surface area contributed by atoms with E-state index in [-0.39, 0.29) is 23.7 Å². The Labute approximate surface area is 114 Å². The van der Waals surface area contributed by atoms with E-state index in [1.165, 1.54) is 6.07 Å². The Morgan fingerprint density at radius 2 is 1.95 bits per heavy atom. The molecular formula is C14H14F2N2O2. The zero-order chi connectivity index (χ0) is 14.7. The lowest BCUT2D eigenvalue weighted by Crippen LogP contribution is -2.07. The van der Waals surface area contributed by atoms with Crippen molar-refractivity contribution in [1.29, 1.82) is 0 Å². The molecule has 0 amide bonds. The summed E-state index contributed by atoms with van der Waals surface area (Å²) in [6.45, 7) is 3.68. The minimum Gasteiger partial charge on any atom is -0.461 e. The second-order valence-electron chi connectivity index (χ2n) is 4.08. The summed E-state index contributed by atoms with van der Waals surface area (Å²) in [6.07, 6.45) is 0.469. The number of aromatic amines is 1. The number of imidazole rings is 1. The van der Waals surface area contributed by atoms with E-state index in [2.05, 4.69) is 9.97 Å². The highest BCUT2D eigenvalue weighted by atomic mass is 19.1. The summed E-state index contributed by atoms with van der Waals surface area (Å²) in [7, 11) is 0. The second-order valence-corrected chi connectivity index (χ2v) is 4.08. The molecule has 0 unspecified atom stereocenters. The maximum Gasteiger partial charge on any atom is 0.358 e. The molecule has 0 radical (unpaired) electrons. The maximum atomic E-state index is 13.7. The number of benzene rings is 1. The number of hydrogen-bond donors (Lipinski definition) is 1. The minimum absolute atomic E-state index is 0.0134. The number of nitrogens with one attached hydrogen (secondary N) is 1. The molecule has 0 spiro atoms. The molecule has 106 valence electrons. The molecular weight excluding hydrogens is 266 g/mol. The number of carbonyl (C=O) groups excluding carboxylic acids is 1. The van der Waals surface area contributed by atoms with Crippen LogP contribution in [0, 0.1) is 11.6 Å². The molecule has 2 rings (SSSR count). The van der Waals surface area contributed by atoms with Crippen molar-refractivity contribution in [2.45, 2.75) is 20.3 Å². The molecule has 0 saturated carbocycles. The van der Waals surface area contributed by atoms with E-state index < -0.39 is 17.6 Å². The molecule has 0 aliphatic heterocycles. The highest BCUT2D eigenvalue weighted by molar-refractivity contribution is 5.89. The van der Waals surface area contributed by atoms with Crippen LogP contribution in [0.2, 0.25) is 0 Å². The fraction of sp³-hybridized carbons (Fsp3) is 0.286. The van der Waals surface area contributed by atoms with Gasteiger partial charge in [0, 0.05) is 5.69 Å². The Morgan fingerprint density at radius 1 is 1.30 bits per heavy atom. The number of aryl methyl sites for hydroxylation is 1. The molecule has 2 aromatic rings. The van der Waals surface area contributed by atoms with E-state index in [1.54, 1.807) is 13.8 Å². The summed E-state index contributed by atoms with van der Waals surface area (Å²) in [5.74, 6) is -2.10. The lowest BCUT2D eigenvalue weighted by molar-refractivity contribution is 0.0519. The van der Waals surface area contributed by atoms with Gasteiger partial charge >= 0.3 is 5.97 Å². The molecule has 1 N–H and O–H groups in total. The predicted octanol–water partition coefficient (Wildman–Crippen LogP) is 3.09. The van der Waals surface area contributed by atoms with Crippen molar-refractivity contribution in [2.24, 2.45) is 0 Å². The van der Waals surface area contributed by atoms with Crippen molar-refractivity contribution in [1.82, 2.24) is 9.97 Å². The SMILES string of the molecule is CCOC(=O)c1nc(-c2c(F)cccc2F)[nH]c1CC. The van der Waals surface area contributed by atoms with Gasteiger partial charge in [-0.05, 0) is 25.5 Å². The van der Waals surface area contributed by atoms with Gasteiger partial charge in [-0.2, -0.15) is 0 Å². The molecule has 0 aliphatic rings. The number of hydrogen-bond acceptors (Lipinski definition) is 3. The number of esters is 1. The van der Waals surface area contributed by atoms with Gasteiger partial charge in [0.15, 0.2) is 5.69 Å². The van der Waals surface area contributed by atoms with Gasteiger partial charge in [0.05, 0.1) is 12.2 Å². The normalized spacial score (nSPS) is 10.6. The van der Waals surface area contributed by atoms with E-state index in [9.17, 15) is 13.6 Å². The maximum absolute atomic E-state index is 13.7. The van der Waals surface area contributed by atoms with Gasteiger partial charge in [-0.25, -0.2) is 18.6 Å². The van der Waals surface area contributed by atoms with Crippen LogP contribution < -0.4 is 0 Å². The van der Waals surface area contributed by atoms with Crippen LogP contribution in [0.25, 0.3) is 11.4 Å². The molecule has 0 fully saturated rings. The topological polar surface area (TPSA) is 55.0 Å². The highest BCUT2D eigenvalue weighted by Crippen LogP contribution is 2.25. The molecule has 0 saturated heterocycles. The van der Waals surface area contributed by atoms with Crippen molar-refractivity contribution in [3.8, 4) is 11.4 Å². The monoisotopic (exact) mass is 280 g/mol. The van der Waals surface area contributed by atoms with Crippen molar-refractivity contribution in [2.75, 3.05) is 6.61 Å². The third-order valence-electron chi connectivity index (χ3n) is 2.80. The van der Waals surface area contributed by atoms with Gasteiger partial charge in [-0.1, -0.05) is 13.0 Å². The summed E-state index contributed by atoms with van der Waals surface area (Å²) in [6, 6.07) is 3.54. The highest BCUT2D eigenvalue weighted by Gasteiger charge is 2.21. The standard InChI is InChI=1S/C14H14F2N2O2/c1-3-10-12(14(19)20-4-2)18-13(17-10)11-8(15)6-5-7-9(11)16/h5-7H,3-4H2,1-2H3,(H,17,18). The van der Waals surface area contributed by atoms with Crippen molar-refractivity contribution in [3.05, 3.63) is 41.2 Å². The first-order valence-corrected chi connectivity index (χ1v) is 6.28. The van der Waals surface area contributed by atoms with Crippen molar-refractivity contribution >= 4 is 5.97 Å². The quantitative estimate of drug-likeness (QED) is 0.875. The Hall–Kier alpha value is -2.24. The summed E-state index contributed by atoms with van der Waals surface area (Å²) >= 11 is 0. The molecule has 0 bridgehead atoms. The van der Waals surface area contributed by atoms with Gasteiger partial charge in [-0.15, -0.1) is 0 Å². The van der Waals surface area contributed by atoms with E-state index >= 15 is 0 Å². The first-order valence-electron chi connectivity index (χ1n) is 6.28. The van der Waals surface area contributed by atoms with Gasteiger partial charge in [0.25, 0.3) is 0 Å². The third kappa shape index (κ3) is 2.54. The fourth-order valence-corrected chi connectivity index (χ4v) is 1.88. The fourth-order valence-electron chi connectivity index (χ4n) is 1.88. The number of carbonyl (C=O) groups is 1. The number of ether oxygens (including phenoxy) is 1. The molecule has 1 aromatic heterocycles. The van der Waals surface area contributed by atoms with Crippen molar-refractivity contribution in [3.63, 3.8) is 0 Å². The largest absolute Gasteiger partial charge is 0.461 e. The van der Waals surface area contributed by atoms with Gasteiger partial charge < -0.3 is 9.72 Å². The average Bonchev–Trinajstić information content (AvgIpc) is 2.83. The van der Waals surface area contributed by atoms with Crippen LogP contribution in [0.1, 0.15) is 30.0 Å². The van der Waals surface area contributed by atoms with Crippen LogP contribution in [0.3, 0.4) is 0 Å². The van der Waals surface area contributed by atoms with Crippen LogP contribution in [0.5, 0.6) is 0 Å². The zero-order valence-electron chi connectivity index (χ0n) is 11.2. The van der Waals surface area contributed by atoms with Crippen LogP contribution >= 0.6 is 0 Å². The molecule has 4 nitrogen and oxygen atoms in total. The Morgan fingerprint density at radius 3 is 2.50 bits per heavy atom. The van der Waals surface area contributed by atoms with Crippen LogP contribution in [-0.2, 0) is 11.2 Å². The zero-order valence-corrected chi connectivity index (χ0v) is 11.2. The second kappa shape index (κ2) is 5.81. The number of halogens is 2. The number of H-pyrrole nitrogens is 1. The average molecular weight is 280 g/mol. The summed E-state index contributed by atoms with van der Waals surface area (Å²) in [5.41, 5.74) is 0.269. The smallest absolute Gasteiger partial charge is 0.358 e. The van der Waals surface area contributed by atoms with Gasteiger partial charge in [-0.3, -0.25) is 0 Å². The number of aromatic nitrogens is 2. The Bertz CT molecular complexity index is 618. The van der Waals surface area contributed by atoms with E-state index in [0.29, 0.717) is 12.1 Å². The lowest BCUT2D eigenvalue weighted by atomic mass is 10.2. The van der Waals surface area contributed by atoms with Gasteiger partial charge in [0.1, 0.15) is 17.5 Å². The molecule has 6 heteroatoms. The minimum atomic E-state index is -0.739. The van der Waals surface area contributed by atoms with E-state index in [1.807, 2.05) is 0 Å². The Balaban J connectivity index is 2.52. The lowest BCUT2D eigenvalue weighted by Gasteiger charge is -2.00. The van der Waals surface area contributed by atoms with Gasteiger partial charge in [0.2, 0.25) is 0 Å². The molecule has 0 aliphatic carbocycles. The molecule has 1 aromatic carbocycles. The first kappa shape index (κ1) is 14.2. The molecule has 1 heterocycles. The van der Waals surface area contributed by atoms with Crippen molar-refractivity contribution < 1.29 is 18.3 Å². The van der Waals surface area contributed by atoms with E-state index in [4.69, 9.17) is 4.74 Å². The van der Waals surface area contributed by atoms with Crippen LogP contribution in [0.4, 0.5) is 8.78 Å². The van der Waals surface area contributed by atoms with Crippen LogP contribution in [-0.4, -0.2) is 22.5 Å². The third-order valence-corrected chi connectivity index (χ3v) is 2.80. The predicted molar refractivity (Wildman–Crippen MR) is 69.3 cm³/mol. The summed E-state index contributed by atoms with van der Waals surface area (Å²) in [4.78, 5) is 18.5. The van der Waals surface area contributed by atoms with E-state index in [0.717, 1.165) is 12.1 Å². The van der Waals surface area contributed by atoms with Crippen LogP contribution in [0.15, 0.2) is 18.2 Å². The summed E-state index contributed by atoms with van der Waals surface area (Å²) < 4.78 is 32.3. The first-order chi connectivity index (χ1) is 9.58. The molecule has 20 heavy (non-hydrogen) atoms. The Kier molecular flexibility index (Phi) is 4.12. The number of nitrogens with zero attached hydrogens (tertiary/aromatic N) is 1.